The average molecular weight is 689 g/mol. The lowest BCUT2D eigenvalue weighted by Gasteiger charge is -2.59. The molecular weight excluding hydrogens is 637 g/mol. The summed E-state index contributed by atoms with van der Waals surface area (Å²) in [5.74, 6) is 4.79. The van der Waals surface area contributed by atoms with Crippen LogP contribution in [0.3, 0.4) is 0 Å². The van der Waals surface area contributed by atoms with Gasteiger partial charge in [-0.25, -0.2) is 0 Å². The van der Waals surface area contributed by atoms with Gasteiger partial charge in [-0.15, -0.1) is 0 Å². The maximum atomic E-state index is 14.8. The van der Waals surface area contributed by atoms with Crippen molar-refractivity contribution in [2.75, 3.05) is 9.80 Å². The monoisotopic (exact) mass is 688 g/mol. The zero-order valence-electron chi connectivity index (χ0n) is 30.3. The van der Waals surface area contributed by atoms with E-state index in [0.29, 0.717) is 59.2 Å². The lowest BCUT2D eigenvalue weighted by Crippen LogP contribution is -2.58. The highest BCUT2D eigenvalue weighted by atomic mass is 16.1. The van der Waals surface area contributed by atoms with Gasteiger partial charge in [-0.3, -0.25) is 9.59 Å². The molecule has 12 atom stereocenters. The minimum absolute atomic E-state index is 0.115. The Morgan fingerprint density at radius 3 is 1.29 bits per heavy atom. The van der Waals surface area contributed by atoms with Gasteiger partial charge in [0.25, 0.3) is 0 Å². The Kier molecular flexibility index (Phi) is 8.33. The lowest BCUT2D eigenvalue weighted by atomic mass is 9.44. The Hall–Kier alpha value is -4.18. The van der Waals surface area contributed by atoms with Crippen molar-refractivity contribution in [2.45, 2.75) is 76.3 Å². The summed E-state index contributed by atoms with van der Waals surface area (Å²) in [4.78, 5) is 34.7. The third-order valence-corrected chi connectivity index (χ3v) is 15.1. The topological polar surface area (TPSA) is 40.6 Å². The first-order chi connectivity index (χ1) is 25.7. The van der Waals surface area contributed by atoms with Gasteiger partial charge in [-0.2, -0.15) is 0 Å². The predicted molar refractivity (Wildman–Crippen MR) is 209 cm³/mol. The summed E-state index contributed by atoms with van der Waals surface area (Å²) < 4.78 is 0. The fraction of sp³-hybridized carbons (Fsp3) is 0.458. The van der Waals surface area contributed by atoms with Gasteiger partial charge in [0.1, 0.15) is 11.6 Å². The molecule has 4 nitrogen and oxygen atoms in total. The molecule has 6 aliphatic rings. The van der Waals surface area contributed by atoms with Crippen LogP contribution >= 0.6 is 0 Å². The summed E-state index contributed by atoms with van der Waals surface area (Å²) in [6.07, 6.45) is 10.8. The van der Waals surface area contributed by atoms with E-state index < -0.39 is 0 Å². The summed E-state index contributed by atoms with van der Waals surface area (Å²) in [6, 6.07) is 43.8. The number of carbonyl (C=O) groups is 2. The van der Waals surface area contributed by atoms with Crippen molar-refractivity contribution in [1.82, 2.24) is 0 Å². The van der Waals surface area contributed by atoms with E-state index in [4.69, 9.17) is 0 Å². The Balaban J connectivity index is 0.932. The molecule has 0 aromatic heterocycles. The molecule has 4 aromatic rings. The van der Waals surface area contributed by atoms with Gasteiger partial charge in [-0.1, -0.05) is 79.2 Å². The number of nitrogens with zero attached hydrogens (tertiary/aromatic N) is 2. The van der Waals surface area contributed by atoms with Crippen molar-refractivity contribution >= 4 is 34.3 Å². The standard InChI is InChI=1S/C48H52N2O2/c51-47-40-23-13-22-39-45-38-27-25-36(50(33-18-9-3-10-19-33)34-20-11-4-12-21-34)29-43(38)48(52)44(45)30-41(46(39)40)37-26-24-35(28-42(37)47)49(31-14-5-1-6-15-31)32-16-7-2-8-17-32/h1-12,14-21,35-46H,13,22-30H2. The summed E-state index contributed by atoms with van der Waals surface area (Å²) in [5.41, 5.74) is 4.87. The highest BCUT2D eigenvalue weighted by molar-refractivity contribution is 5.88. The van der Waals surface area contributed by atoms with E-state index in [9.17, 15) is 9.59 Å². The second kappa shape index (κ2) is 13.3. The van der Waals surface area contributed by atoms with Gasteiger partial charge in [0.05, 0.1) is 0 Å². The SMILES string of the molecule is O=C1C2CC(N(c3ccccc3)c3ccccc3)CCC2C2C1CC1C3CCC(N(c4ccccc4)c4ccccc4)CC3C(=O)C3CCCC2C31. The number of benzene rings is 4. The number of hydrogen-bond donors (Lipinski definition) is 0. The normalized spacial score (nSPS) is 36.2. The van der Waals surface area contributed by atoms with Crippen LogP contribution in [-0.2, 0) is 9.59 Å². The maximum absolute atomic E-state index is 14.8. The molecule has 52 heavy (non-hydrogen) atoms. The molecule has 266 valence electrons. The molecule has 0 amide bonds. The van der Waals surface area contributed by atoms with Crippen LogP contribution in [0.15, 0.2) is 121 Å². The second-order valence-corrected chi connectivity index (χ2v) is 17.2. The highest BCUT2D eigenvalue weighted by Gasteiger charge is 2.65. The molecule has 4 heteroatoms. The van der Waals surface area contributed by atoms with Crippen LogP contribution in [0, 0.1) is 59.2 Å². The van der Waals surface area contributed by atoms with Gasteiger partial charge >= 0.3 is 0 Å². The molecule has 4 aromatic carbocycles. The first-order valence-corrected chi connectivity index (χ1v) is 20.5. The molecule has 0 saturated heterocycles. The number of carbonyl (C=O) groups excluding carboxylic acids is 2. The fourth-order valence-electron chi connectivity index (χ4n) is 13.4. The average Bonchev–Trinajstić information content (AvgIpc) is 3.49. The molecule has 6 fully saturated rings. The summed E-state index contributed by atoms with van der Waals surface area (Å²) in [6.45, 7) is 0. The molecule has 0 bridgehead atoms. The number of para-hydroxylation sites is 4. The van der Waals surface area contributed by atoms with E-state index in [0.717, 1.165) is 57.8 Å². The van der Waals surface area contributed by atoms with E-state index in [2.05, 4.69) is 131 Å². The van der Waals surface area contributed by atoms with Crippen LogP contribution in [0.4, 0.5) is 22.7 Å². The third-order valence-electron chi connectivity index (χ3n) is 15.1. The molecule has 0 spiro atoms. The molecule has 12 unspecified atom stereocenters. The van der Waals surface area contributed by atoms with Crippen molar-refractivity contribution in [3.8, 4) is 0 Å². The second-order valence-electron chi connectivity index (χ2n) is 17.2. The zero-order valence-corrected chi connectivity index (χ0v) is 30.3. The van der Waals surface area contributed by atoms with Crippen molar-refractivity contribution in [3.63, 3.8) is 0 Å². The number of hydrogen-bond acceptors (Lipinski definition) is 4. The number of anilines is 4. The van der Waals surface area contributed by atoms with Crippen molar-refractivity contribution in [2.24, 2.45) is 59.2 Å². The van der Waals surface area contributed by atoms with E-state index in [-0.39, 0.29) is 23.7 Å². The van der Waals surface area contributed by atoms with Gasteiger partial charge in [0.15, 0.2) is 0 Å². The third kappa shape index (κ3) is 5.30. The molecule has 6 saturated carbocycles. The van der Waals surface area contributed by atoms with Crippen molar-refractivity contribution in [3.05, 3.63) is 121 Å². The van der Waals surface area contributed by atoms with Crippen LogP contribution < -0.4 is 9.80 Å². The molecule has 0 aliphatic heterocycles. The predicted octanol–water partition coefficient (Wildman–Crippen LogP) is 10.7. The minimum Gasteiger partial charge on any atom is -0.338 e. The Morgan fingerprint density at radius 2 is 0.788 bits per heavy atom. The van der Waals surface area contributed by atoms with E-state index >= 15 is 0 Å². The molecule has 10 rings (SSSR count). The molecule has 0 heterocycles. The quantitative estimate of drug-likeness (QED) is 0.202. The maximum Gasteiger partial charge on any atom is 0.139 e. The summed E-state index contributed by atoms with van der Waals surface area (Å²) in [7, 11) is 0. The fourth-order valence-corrected chi connectivity index (χ4v) is 13.4. The van der Waals surface area contributed by atoms with E-state index in [1.54, 1.807) is 0 Å². The van der Waals surface area contributed by atoms with Crippen LogP contribution in [0.25, 0.3) is 0 Å². The Bertz CT molecular complexity index is 1800. The number of Topliss-reactive ketones (excluding diaryl/α,β-unsaturated/α-hetero) is 2. The molecule has 0 radical (unpaired) electrons. The van der Waals surface area contributed by atoms with Gasteiger partial charge < -0.3 is 9.80 Å². The number of rotatable bonds is 6. The van der Waals surface area contributed by atoms with Gasteiger partial charge in [0, 0.05) is 58.5 Å². The van der Waals surface area contributed by atoms with Crippen LogP contribution in [0.2, 0.25) is 0 Å². The first kappa shape index (κ1) is 32.5. The van der Waals surface area contributed by atoms with Crippen molar-refractivity contribution in [1.29, 1.82) is 0 Å². The Labute approximate surface area is 309 Å². The number of ketones is 2. The summed E-state index contributed by atoms with van der Waals surface area (Å²) in [5, 5.41) is 0. The van der Waals surface area contributed by atoms with Gasteiger partial charge in [0.2, 0.25) is 0 Å². The van der Waals surface area contributed by atoms with Gasteiger partial charge in [-0.05, 0) is 142 Å². The zero-order chi connectivity index (χ0) is 34.8. The van der Waals surface area contributed by atoms with E-state index in [1.807, 2.05) is 0 Å². The number of fused-ring (bicyclic) bond motifs is 6. The first-order valence-electron chi connectivity index (χ1n) is 20.5. The highest BCUT2D eigenvalue weighted by Crippen LogP contribution is 2.66. The molecular formula is C48H52N2O2. The Morgan fingerprint density at radius 1 is 0.365 bits per heavy atom. The minimum atomic E-state index is 0.115. The van der Waals surface area contributed by atoms with E-state index in [1.165, 1.54) is 29.2 Å². The van der Waals surface area contributed by atoms with Crippen LogP contribution in [-0.4, -0.2) is 23.7 Å². The van der Waals surface area contributed by atoms with Crippen LogP contribution in [0.1, 0.15) is 64.2 Å². The summed E-state index contributed by atoms with van der Waals surface area (Å²) >= 11 is 0. The molecule has 6 aliphatic carbocycles. The molecule has 0 N–H and O–H groups in total. The smallest absolute Gasteiger partial charge is 0.139 e. The van der Waals surface area contributed by atoms with Crippen LogP contribution in [0.5, 0.6) is 0 Å². The largest absolute Gasteiger partial charge is 0.338 e. The lowest BCUT2D eigenvalue weighted by molar-refractivity contribution is -0.158. The van der Waals surface area contributed by atoms with Crippen molar-refractivity contribution < 1.29 is 9.59 Å².